The van der Waals surface area contributed by atoms with Gasteiger partial charge in [-0.3, -0.25) is 0 Å². The number of carbonyl (C=O) groups is 1. The minimum Gasteiger partial charge on any atom is -0.385 e. The van der Waals surface area contributed by atoms with Crippen LogP contribution in [0.3, 0.4) is 0 Å². The fourth-order valence-electron chi connectivity index (χ4n) is 3.34. The van der Waals surface area contributed by atoms with Gasteiger partial charge in [0.15, 0.2) is 5.96 Å². The number of ether oxygens (including phenoxy) is 1. The zero-order valence-corrected chi connectivity index (χ0v) is 21.5. The number of aliphatic imine (C=N–C) groups is 1. The van der Waals surface area contributed by atoms with Crippen molar-refractivity contribution >= 4 is 41.7 Å². The summed E-state index contributed by atoms with van der Waals surface area (Å²) in [6.45, 7) is 8.66. The highest BCUT2D eigenvalue weighted by Gasteiger charge is 2.17. The van der Waals surface area contributed by atoms with E-state index in [0.717, 1.165) is 82.3 Å². The van der Waals surface area contributed by atoms with E-state index in [0.29, 0.717) is 6.54 Å². The molecule has 0 bridgehead atoms. The average Bonchev–Trinajstić information content (AvgIpc) is 3.28. The van der Waals surface area contributed by atoms with E-state index >= 15 is 0 Å². The van der Waals surface area contributed by atoms with E-state index in [1.807, 2.05) is 29.2 Å². The van der Waals surface area contributed by atoms with Crippen LogP contribution in [0.5, 0.6) is 0 Å². The van der Waals surface area contributed by atoms with Crippen molar-refractivity contribution in [1.29, 1.82) is 0 Å². The number of methoxy groups -OCH3 is 1. The molecule has 0 aliphatic carbocycles. The lowest BCUT2D eigenvalue weighted by atomic mass is 10.2. The van der Waals surface area contributed by atoms with E-state index in [1.54, 1.807) is 7.11 Å². The quantitative estimate of drug-likeness (QED) is 0.172. The largest absolute Gasteiger partial charge is 0.385 e. The van der Waals surface area contributed by atoms with Crippen LogP contribution in [0.2, 0.25) is 0 Å². The Morgan fingerprint density at radius 3 is 2.71 bits per heavy atom. The standard InChI is InChI=1S/C22H38N6O2.HI/c1-4-23-21(24-11-15-27(2)12-8-16-30-3)25-18-19-9-7-10-20(17-19)26-22(29)28-13-5-6-14-28;/h7,9-10,17H,4-6,8,11-16,18H2,1-3H3,(H,26,29)(H2,23,24,25);1H. The van der Waals surface area contributed by atoms with Crippen LogP contribution in [-0.4, -0.2) is 81.8 Å². The third-order valence-electron chi connectivity index (χ3n) is 5.01. The first kappa shape index (κ1) is 27.4. The number of halogens is 1. The molecule has 1 saturated heterocycles. The molecule has 0 radical (unpaired) electrons. The van der Waals surface area contributed by atoms with E-state index < -0.39 is 0 Å². The number of nitrogens with one attached hydrogen (secondary N) is 3. The van der Waals surface area contributed by atoms with Crippen molar-refractivity contribution in [2.75, 3.05) is 65.3 Å². The maximum absolute atomic E-state index is 12.3. The van der Waals surface area contributed by atoms with Gasteiger partial charge in [0.1, 0.15) is 0 Å². The fourth-order valence-corrected chi connectivity index (χ4v) is 3.34. The van der Waals surface area contributed by atoms with Gasteiger partial charge >= 0.3 is 6.03 Å². The summed E-state index contributed by atoms with van der Waals surface area (Å²) in [6, 6.07) is 7.88. The molecule has 3 N–H and O–H groups in total. The molecule has 1 fully saturated rings. The van der Waals surface area contributed by atoms with Crippen molar-refractivity contribution in [3.8, 4) is 0 Å². The van der Waals surface area contributed by atoms with Crippen molar-refractivity contribution in [2.24, 2.45) is 4.99 Å². The molecule has 0 unspecified atom stereocenters. The van der Waals surface area contributed by atoms with Gasteiger partial charge in [0, 0.05) is 58.7 Å². The SMILES string of the molecule is CCNC(=NCc1cccc(NC(=O)N2CCCC2)c1)NCCN(C)CCCOC.I. The number of hydrogen-bond donors (Lipinski definition) is 3. The minimum absolute atomic E-state index is 0. The molecule has 0 saturated carbocycles. The van der Waals surface area contributed by atoms with Crippen molar-refractivity contribution in [1.82, 2.24) is 20.4 Å². The fraction of sp³-hybridized carbons (Fsp3) is 0.636. The molecule has 0 spiro atoms. The zero-order chi connectivity index (χ0) is 21.6. The zero-order valence-electron chi connectivity index (χ0n) is 19.2. The number of guanidine groups is 1. The van der Waals surface area contributed by atoms with Gasteiger partial charge in [-0.1, -0.05) is 12.1 Å². The molecular weight excluding hydrogens is 507 g/mol. The van der Waals surface area contributed by atoms with Gasteiger partial charge in [0.05, 0.1) is 6.54 Å². The lowest BCUT2D eigenvalue weighted by Crippen LogP contribution is -2.41. The van der Waals surface area contributed by atoms with Crippen LogP contribution in [0.15, 0.2) is 29.3 Å². The summed E-state index contributed by atoms with van der Waals surface area (Å²) in [6.07, 6.45) is 3.21. The number of urea groups is 1. The number of nitrogens with zero attached hydrogens (tertiary/aromatic N) is 3. The van der Waals surface area contributed by atoms with Crippen LogP contribution < -0.4 is 16.0 Å². The van der Waals surface area contributed by atoms with Crippen LogP contribution in [0.4, 0.5) is 10.5 Å². The van der Waals surface area contributed by atoms with Gasteiger partial charge in [-0.15, -0.1) is 24.0 Å². The van der Waals surface area contributed by atoms with Crippen LogP contribution in [-0.2, 0) is 11.3 Å². The third-order valence-corrected chi connectivity index (χ3v) is 5.01. The third kappa shape index (κ3) is 11.0. The molecule has 1 aliphatic heterocycles. The first-order valence-electron chi connectivity index (χ1n) is 11.0. The Balaban J connectivity index is 0.00000480. The number of anilines is 1. The van der Waals surface area contributed by atoms with E-state index in [2.05, 4.69) is 39.8 Å². The lowest BCUT2D eigenvalue weighted by Gasteiger charge is -2.18. The topological polar surface area (TPSA) is 81.2 Å². The number of rotatable bonds is 11. The van der Waals surface area contributed by atoms with Gasteiger partial charge in [-0.2, -0.15) is 0 Å². The first-order valence-corrected chi connectivity index (χ1v) is 11.0. The average molecular weight is 546 g/mol. The molecule has 1 aromatic carbocycles. The molecule has 176 valence electrons. The summed E-state index contributed by atoms with van der Waals surface area (Å²) < 4.78 is 5.10. The second-order valence-electron chi connectivity index (χ2n) is 7.60. The maximum Gasteiger partial charge on any atom is 0.321 e. The monoisotopic (exact) mass is 546 g/mol. The lowest BCUT2D eigenvalue weighted by molar-refractivity contribution is 0.180. The highest BCUT2D eigenvalue weighted by Crippen LogP contribution is 2.14. The number of hydrogen-bond acceptors (Lipinski definition) is 4. The maximum atomic E-state index is 12.3. The van der Waals surface area contributed by atoms with Crippen molar-refractivity contribution in [3.05, 3.63) is 29.8 Å². The van der Waals surface area contributed by atoms with E-state index in [4.69, 9.17) is 4.74 Å². The summed E-state index contributed by atoms with van der Waals surface area (Å²) in [5, 5.41) is 9.67. The Kier molecular flexibility index (Phi) is 14.3. The summed E-state index contributed by atoms with van der Waals surface area (Å²) in [5.41, 5.74) is 1.87. The first-order chi connectivity index (χ1) is 14.6. The molecular formula is C22H39IN6O2. The molecule has 31 heavy (non-hydrogen) atoms. The Bertz CT molecular complexity index is 667. The Labute approximate surface area is 204 Å². The molecule has 9 heteroatoms. The van der Waals surface area contributed by atoms with Gasteiger partial charge in [-0.25, -0.2) is 9.79 Å². The molecule has 2 rings (SSSR count). The molecule has 0 atom stereocenters. The smallest absolute Gasteiger partial charge is 0.321 e. The highest BCUT2D eigenvalue weighted by molar-refractivity contribution is 14.0. The molecule has 0 aromatic heterocycles. The van der Waals surface area contributed by atoms with Gasteiger partial charge in [0.25, 0.3) is 0 Å². The Hall–Kier alpha value is -1.59. The van der Waals surface area contributed by atoms with Crippen LogP contribution >= 0.6 is 24.0 Å². The molecule has 1 heterocycles. The van der Waals surface area contributed by atoms with Crippen LogP contribution in [0, 0.1) is 0 Å². The molecule has 1 aromatic rings. The highest BCUT2D eigenvalue weighted by atomic mass is 127. The Morgan fingerprint density at radius 2 is 2.00 bits per heavy atom. The summed E-state index contributed by atoms with van der Waals surface area (Å²) in [5.74, 6) is 0.800. The van der Waals surface area contributed by atoms with Crippen LogP contribution in [0.25, 0.3) is 0 Å². The van der Waals surface area contributed by atoms with Crippen molar-refractivity contribution in [3.63, 3.8) is 0 Å². The number of likely N-dealkylation sites (N-methyl/N-ethyl adjacent to an activating group) is 1. The van der Waals surface area contributed by atoms with Gasteiger partial charge < -0.3 is 30.5 Å². The second-order valence-corrected chi connectivity index (χ2v) is 7.60. The van der Waals surface area contributed by atoms with Crippen LogP contribution in [0.1, 0.15) is 31.7 Å². The summed E-state index contributed by atoms with van der Waals surface area (Å²) >= 11 is 0. The normalized spacial score (nSPS) is 13.8. The number of likely N-dealkylation sites (tertiary alicyclic amines) is 1. The van der Waals surface area contributed by atoms with Crippen molar-refractivity contribution < 1.29 is 9.53 Å². The summed E-state index contributed by atoms with van der Waals surface area (Å²) in [7, 11) is 3.85. The Morgan fingerprint density at radius 1 is 1.23 bits per heavy atom. The molecule has 1 aliphatic rings. The van der Waals surface area contributed by atoms with Gasteiger partial charge in [-0.05, 0) is 50.9 Å². The number of benzene rings is 1. The summed E-state index contributed by atoms with van der Waals surface area (Å²) in [4.78, 5) is 21.1. The number of amides is 2. The predicted octanol–water partition coefficient (Wildman–Crippen LogP) is 2.96. The predicted molar refractivity (Wildman–Crippen MR) is 138 cm³/mol. The molecule has 2 amide bonds. The van der Waals surface area contributed by atoms with E-state index in [-0.39, 0.29) is 30.0 Å². The van der Waals surface area contributed by atoms with E-state index in [9.17, 15) is 4.79 Å². The van der Waals surface area contributed by atoms with Gasteiger partial charge in [0.2, 0.25) is 0 Å². The van der Waals surface area contributed by atoms with Crippen molar-refractivity contribution in [2.45, 2.75) is 32.7 Å². The molecule has 8 nitrogen and oxygen atoms in total. The number of carbonyl (C=O) groups excluding carboxylic acids is 1. The van der Waals surface area contributed by atoms with E-state index in [1.165, 1.54) is 0 Å². The minimum atomic E-state index is -0.0159. The second kappa shape index (κ2) is 16.1.